The number of fused-ring (bicyclic) bond motifs is 1. The number of nitrogens with one attached hydrogen (secondary N) is 2. The summed E-state index contributed by atoms with van der Waals surface area (Å²) >= 11 is 0. The van der Waals surface area contributed by atoms with Gasteiger partial charge >= 0.3 is 18.2 Å². The summed E-state index contributed by atoms with van der Waals surface area (Å²) in [6, 6.07) is -1.38. The number of amides is 5. The molecule has 2 fully saturated rings. The van der Waals surface area contributed by atoms with Gasteiger partial charge in [0.25, 0.3) is 5.91 Å². The lowest BCUT2D eigenvalue weighted by molar-refractivity contribution is -0.149. The molecule has 0 radical (unpaired) electrons. The highest BCUT2D eigenvalue weighted by Crippen LogP contribution is 2.37. The maximum atomic E-state index is 12.2. The van der Waals surface area contributed by atoms with E-state index in [9.17, 15) is 37.1 Å². The average molecular weight is 407 g/mol. The summed E-state index contributed by atoms with van der Waals surface area (Å²) in [6.45, 7) is -2.67. The minimum atomic E-state index is -4.63. The first-order chi connectivity index (χ1) is 13.1. The number of hydrogen-bond donors (Lipinski definition) is 2. The second kappa shape index (κ2) is 9.02. The summed E-state index contributed by atoms with van der Waals surface area (Å²) < 4.78 is 40.4. The van der Waals surface area contributed by atoms with Crippen LogP contribution in [-0.2, 0) is 23.9 Å². The molecular weight excluding hydrogens is 387 g/mol. The number of urea groups is 1. The summed E-state index contributed by atoms with van der Waals surface area (Å²) in [7, 11) is 0. The van der Waals surface area contributed by atoms with Crippen molar-refractivity contribution in [2.75, 3.05) is 19.7 Å². The number of rotatable bonds is 6. The van der Waals surface area contributed by atoms with Crippen LogP contribution in [0.15, 0.2) is 0 Å². The van der Waals surface area contributed by atoms with Gasteiger partial charge in [0.1, 0.15) is 6.54 Å². The topological polar surface area (TPSA) is 122 Å². The fraction of sp³-hybridized carbons (Fsp3) is 0.688. The molecule has 5 amide bonds. The third-order valence-corrected chi connectivity index (χ3v) is 4.54. The van der Waals surface area contributed by atoms with Crippen molar-refractivity contribution in [1.82, 2.24) is 15.5 Å². The molecule has 1 saturated heterocycles. The van der Waals surface area contributed by atoms with Crippen molar-refractivity contribution in [2.24, 2.45) is 11.8 Å². The van der Waals surface area contributed by atoms with Crippen molar-refractivity contribution in [3.8, 4) is 0 Å². The van der Waals surface area contributed by atoms with E-state index in [0.29, 0.717) is 12.8 Å². The molecule has 2 aliphatic rings. The third-order valence-electron chi connectivity index (χ3n) is 4.54. The van der Waals surface area contributed by atoms with Crippen LogP contribution >= 0.6 is 0 Å². The van der Waals surface area contributed by atoms with Gasteiger partial charge < -0.3 is 10.1 Å². The maximum Gasteiger partial charge on any atom is 0.405 e. The molecule has 156 valence electrons. The van der Waals surface area contributed by atoms with Crippen molar-refractivity contribution in [2.45, 2.75) is 38.3 Å². The van der Waals surface area contributed by atoms with E-state index in [1.165, 1.54) is 5.32 Å². The highest BCUT2D eigenvalue weighted by Gasteiger charge is 2.47. The summed E-state index contributed by atoms with van der Waals surface area (Å²) in [5, 5.41) is 2.99. The molecule has 1 heterocycles. The average Bonchev–Trinajstić information content (AvgIpc) is 2.87. The van der Waals surface area contributed by atoms with E-state index in [1.54, 1.807) is 5.32 Å². The molecule has 0 bridgehead atoms. The molecule has 1 saturated carbocycles. The molecule has 0 aromatic heterocycles. The van der Waals surface area contributed by atoms with E-state index in [1.807, 2.05) is 0 Å². The summed E-state index contributed by atoms with van der Waals surface area (Å²) in [6.07, 6.45) is -1.91. The molecule has 0 spiro atoms. The molecule has 9 nitrogen and oxygen atoms in total. The zero-order valence-electron chi connectivity index (χ0n) is 14.8. The van der Waals surface area contributed by atoms with E-state index in [2.05, 4.69) is 4.74 Å². The molecule has 2 atom stereocenters. The Hall–Kier alpha value is -2.66. The summed E-state index contributed by atoms with van der Waals surface area (Å²) in [5.74, 6) is -3.28. The Morgan fingerprint density at radius 2 is 1.64 bits per heavy atom. The fourth-order valence-corrected chi connectivity index (χ4v) is 3.26. The Morgan fingerprint density at radius 3 is 2.18 bits per heavy atom. The number of imide groups is 2. The second-order valence-corrected chi connectivity index (χ2v) is 6.58. The standard InChI is InChI=1S/C16H20F3N3O6/c17-16(18,19)8-20-15(27)21-11(23)7-28-12(24)5-6-22-13(25)9-3-1-2-4-10(9)14(22)26/h9-10H,1-8H2,(H2,20,21,23,27)/t9-,10-/m1/s1. The third kappa shape index (κ3) is 5.92. The first kappa shape index (κ1) is 21.6. The van der Waals surface area contributed by atoms with Crippen LogP contribution in [0, 0.1) is 11.8 Å². The number of alkyl halides is 3. The Kier molecular flexibility index (Phi) is 6.97. The molecule has 0 unspecified atom stereocenters. The van der Waals surface area contributed by atoms with E-state index < -0.39 is 37.2 Å². The Bertz CT molecular complexity index is 643. The first-order valence-electron chi connectivity index (χ1n) is 8.74. The zero-order chi connectivity index (χ0) is 20.9. The van der Waals surface area contributed by atoms with Gasteiger partial charge in [-0.3, -0.25) is 29.4 Å². The fourth-order valence-electron chi connectivity index (χ4n) is 3.26. The number of ether oxygens (including phenoxy) is 1. The lowest BCUT2D eigenvalue weighted by Crippen LogP contribution is -2.44. The highest BCUT2D eigenvalue weighted by molar-refractivity contribution is 6.05. The van der Waals surface area contributed by atoms with E-state index >= 15 is 0 Å². The largest absolute Gasteiger partial charge is 0.456 e. The first-order valence-corrected chi connectivity index (χ1v) is 8.74. The monoisotopic (exact) mass is 407 g/mol. The summed E-state index contributed by atoms with van der Waals surface area (Å²) in [5.41, 5.74) is 0. The van der Waals surface area contributed by atoms with Crippen LogP contribution in [0.1, 0.15) is 32.1 Å². The van der Waals surface area contributed by atoms with Gasteiger partial charge in [0.2, 0.25) is 11.8 Å². The SMILES string of the molecule is O=C(COC(=O)CCN1C(=O)[C@@H]2CCCC[C@H]2C1=O)NC(=O)NCC(F)(F)F. The maximum absolute atomic E-state index is 12.2. The highest BCUT2D eigenvalue weighted by atomic mass is 19.4. The van der Waals surface area contributed by atoms with E-state index in [0.717, 1.165) is 17.7 Å². The van der Waals surface area contributed by atoms with Crippen molar-refractivity contribution in [3.05, 3.63) is 0 Å². The minimum absolute atomic E-state index is 0.169. The second-order valence-electron chi connectivity index (χ2n) is 6.58. The Labute approximate surface area is 157 Å². The number of nitrogens with zero attached hydrogens (tertiary/aromatic N) is 1. The lowest BCUT2D eigenvalue weighted by Gasteiger charge is -2.19. The molecule has 1 aliphatic heterocycles. The van der Waals surface area contributed by atoms with Gasteiger partial charge in [-0.2, -0.15) is 13.2 Å². The number of esters is 1. The van der Waals surface area contributed by atoms with Gasteiger partial charge in [-0.05, 0) is 12.8 Å². The lowest BCUT2D eigenvalue weighted by atomic mass is 9.81. The minimum Gasteiger partial charge on any atom is -0.456 e. The molecule has 0 aromatic carbocycles. The van der Waals surface area contributed by atoms with Crippen LogP contribution in [0.5, 0.6) is 0 Å². The molecule has 0 aromatic rings. The number of halogens is 3. The van der Waals surface area contributed by atoms with Gasteiger partial charge in [-0.15, -0.1) is 0 Å². The van der Waals surface area contributed by atoms with Crippen LogP contribution in [0.3, 0.4) is 0 Å². The predicted molar refractivity (Wildman–Crippen MR) is 85.3 cm³/mol. The zero-order valence-corrected chi connectivity index (χ0v) is 14.8. The van der Waals surface area contributed by atoms with Crippen molar-refractivity contribution in [3.63, 3.8) is 0 Å². The van der Waals surface area contributed by atoms with Crippen LogP contribution < -0.4 is 10.6 Å². The molecule has 1 aliphatic carbocycles. The normalized spacial score (nSPS) is 21.9. The van der Waals surface area contributed by atoms with Crippen LogP contribution in [0.4, 0.5) is 18.0 Å². The number of carbonyl (C=O) groups is 5. The van der Waals surface area contributed by atoms with Crippen LogP contribution in [-0.4, -0.2) is 60.5 Å². The molecule has 2 N–H and O–H groups in total. The van der Waals surface area contributed by atoms with Gasteiger partial charge in [-0.25, -0.2) is 4.79 Å². The van der Waals surface area contributed by atoms with Gasteiger partial charge in [-0.1, -0.05) is 12.8 Å². The van der Waals surface area contributed by atoms with E-state index in [4.69, 9.17) is 0 Å². The Morgan fingerprint density at radius 1 is 1.07 bits per heavy atom. The smallest absolute Gasteiger partial charge is 0.405 e. The van der Waals surface area contributed by atoms with Crippen molar-refractivity contribution < 1.29 is 41.9 Å². The van der Waals surface area contributed by atoms with Crippen molar-refractivity contribution >= 4 is 29.7 Å². The quantitative estimate of drug-likeness (QED) is 0.488. The van der Waals surface area contributed by atoms with Crippen molar-refractivity contribution in [1.29, 1.82) is 0 Å². The number of carbonyl (C=O) groups excluding carboxylic acids is 5. The van der Waals surface area contributed by atoms with Gasteiger partial charge in [0, 0.05) is 6.54 Å². The molecular formula is C16H20F3N3O6. The van der Waals surface area contributed by atoms with Gasteiger partial charge in [0.05, 0.1) is 18.3 Å². The van der Waals surface area contributed by atoms with E-state index in [-0.39, 0.29) is 36.6 Å². The van der Waals surface area contributed by atoms with Crippen LogP contribution in [0.25, 0.3) is 0 Å². The number of hydrogen-bond acceptors (Lipinski definition) is 6. The molecule has 2 rings (SSSR count). The number of likely N-dealkylation sites (tertiary alicyclic amines) is 1. The Balaban J connectivity index is 1.68. The van der Waals surface area contributed by atoms with Gasteiger partial charge in [0.15, 0.2) is 6.61 Å². The molecule has 12 heteroatoms. The predicted octanol–water partition coefficient (Wildman–Crippen LogP) is 0.483. The summed E-state index contributed by atoms with van der Waals surface area (Å²) in [4.78, 5) is 59.6. The molecule has 28 heavy (non-hydrogen) atoms. The van der Waals surface area contributed by atoms with Crippen LogP contribution in [0.2, 0.25) is 0 Å².